The summed E-state index contributed by atoms with van der Waals surface area (Å²) < 4.78 is 55.5. The van der Waals surface area contributed by atoms with Gasteiger partial charge in [-0.3, -0.25) is 8.37 Å². The fourth-order valence-electron chi connectivity index (χ4n) is 1.80. The molecule has 0 aliphatic rings. The summed E-state index contributed by atoms with van der Waals surface area (Å²) in [7, 11) is -2.98. The van der Waals surface area contributed by atoms with Crippen molar-refractivity contribution in [3.63, 3.8) is 0 Å². The summed E-state index contributed by atoms with van der Waals surface area (Å²) in [6, 6.07) is 8.49. The SMILES string of the molecule is COS(=O)(=O)c1ccc(SSc2ccc(S(=O)(=O)OC)cc2N)c(N)c1. The predicted molar refractivity (Wildman–Crippen MR) is 102 cm³/mol. The van der Waals surface area contributed by atoms with E-state index < -0.39 is 20.2 Å². The summed E-state index contributed by atoms with van der Waals surface area (Å²) in [5.41, 5.74) is 12.3. The molecule has 0 aliphatic heterocycles. The average molecular weight is 437 g/mol. The molecule has 4 N–H and O–H groups in total. The van der Waals surface area contributed by atoms with Gasteiger partial charge in [-0.1, -0.05) is 21.6 Å². The van der Waals surface area contributed by atoms with E-state index in [1.54, 1.807) is 12.1 Å². The first-order valence-corrected chi connectivity index (χ1v) is 11.8. The number of nitrogens with two attached hydrogens (primary N) is 2. The molecule has 2 aromatic carbocycles. The van der Waals surface area contributed by atoms with E-state index in [2.05, 4.69) is 8.37 Å². The topological polar surface area (TPSA) is 139 Å². The van der Waals surface area contributed by atoms with Crippen LogP contribution in [0, 0.1) is 0 Å². The number of nitrogen functional groups attached to an aromatic ring is 2. The number of hydrogen-bond donors (Lipinski definition) is 2. The van der Waals surface area contributed by atoms with Crippen LogP contribution in [0.3, 0.4) is 0 Å². The zero-order valence-corrected chi connectivity index (χ0v) is 17.0. The van der Waals surface area contributed by atoms with Crippen molar-refractivity contribution in [2.45, 2.75) is 19.6 Å². The van der Waals surface area contributed by atoms with Gasteiger partial charge in [0.2, 0.25) is 0 Å². The molecule has 2 aromatic rings. The van der Waals surface area contributed by atoms with Gasteiger partial charge in [0, 0.05) is 21.2 Å². The maximum absolute atomic E-state index is 11.7. The fourth-order valence-corrected chi connectivity index (χ4v) is 5.38. The van der Waals surface area contributed by atoms with E-state index in [9.17, 15) is 16.8 Å². The zero-order chi connectivity index (χ0) is 19.5. The molecular formula is C14H16N2O6S4. The quantitative estimate of drug-likeness (QED) is 0.377. The molecule has 0 aromatic heterocycles. The van der Waals surface area contributed by atoms with Crippen molar-refractivity contribution in [3.05, 3.63) is 36.4 Å². The molecule has 0 aliphatic carbocycles. The van der Waals surface area contributed by atoms with Gasteiger partial charge in [0.05, 0.1) is 24.0 Å². The minimum absolute atomic E-state index is 0.0412. The van der Waals surface area contributed by atoms with Crippen LogP contribution in [0.5, 0.6) is 0 Å². The molecule has 0 fully saturated rings. The van der Waals surface area contributed by atoms with E-state index in [0.717, 1.165) is 14.2 Å². The molecule has 0 atom stereocenters. The lowest BCUT2D eigenvalue weighted by Crippen LogP contribution is -2.04. The zero-order valence-electron chi connectivity index (χ0n) is 13.7. The summed E-state index contributed by atoms with van der Waals surface area (Å²) in [6.07, 6.45) is 0. The van der Waals surface area contributed by atoms with Crippen LogP contribution in [-0.4, -0.2) is 31.1 Å². The van der Waals surface area contributed by atoms with E-state index >= 15 is 0 Å². The van der Waals surface area contributed by atoms with Gasteiger partial charge in [0.15, 0.2) is 0 Å². The minimum Gasteiger partial charge on any atom is -0.398 e. The number of rotatable bonds is 7. The standard InChI is InChI=1S/C14H16N2O6S4/c1-21-25(17,18)9-3-5-13(11(15)7-9)23-24-14-6-4-10(8-12(14)16)26(19,20)22-2/h3-8H,15-16H2,1-2H3. The molecule has 2 rings (SSSR count). The van der Waals surface area contributed by atoms with Crippen molar-refractivity contribution in [2.75, 3.05) is 25.7 Å². The molecule has 8 nitrogen and oxygen atoms in total. The van der Waals surface area contributed by atoms with E-state index in [1.165, 1.54) is 45.9 Å². The second-order valence-electron chi connectivity index (χ2n) is 4.81. The predicted octanol–water partition coefficient (Wildman–Crippen LogP) is 2.32. The molecule has 142 valence electrons. The highest BCUT2D eigenvalue weighted by atomic mass is 33.1. The largest absolute Gasteiger partial charge is 0.398 e. The highest BCUT2D eigenvalue weighted by Crippen LogP contribution is 2.43. The van der Waals surface area contributed by atoms with Crippen LogP contribution in [-0.2, 0) is 28.6 Å². The number of benzene rings is 2. The highest BCUT2D eigenvalue weighted by molar-refractivity contribution is 8.76. The fraction of sp³-hybridized carbons (Fsp3) is 0.143. The summed E-state index contributed by atoms with van der Waals surface area (Å²) in [5, 5.41) is 0. The Hall–Kier alpha value is -1.44. The third-order valence-corrected chi connectivity index (χ3v) is 8.25. The summed E-state index contributed by atoms with van der Waals surface area (Å²) in [6.45, 7) is 0. The third kappa shape index (κ3) is 4.64. The summed E-state index contributed by atoms with van der Waals surface area (Å²) >= 11 is 0. The Morgan fingerprint density at radius 1 is 0.731 bits per heavy atom. The molecular weight excluding hydrogens is 420 g/mol. The molecule has 0 spiro atoms. The molecule has 12 heteroatoms. The lowest BCUT2D eigenvalue weighted by Gasteiger charge is -2.09. The first-order valence-electron chi connectivity index (χ1n) is 6.85. The first-order chi connectivity index (χ1) is 12.1. The van der Waals surface area contributed by atoms with Gasteiger partial charge in [-0.25, -0.2) is 0 Å². The molecule has 26 heavy (non-hydrogen) atoms. The van der Waals surface area contributed by atoms with Crippen LogP contribution in [0.2, 0.25) is 0 Å². The van der Waals surface area contributed by atoms with E-state index in [4.69, 9.17) is 11.5 Å². The molecule has 0 heterocycles. The average Bonchev–Trinajstić information content (AvgIpc) is 2.61. The molecule has 0 amide bonds. The van der Waals surface area contributed by atoms with Crippen molar-refractivity contribution in [1.29, 1.82) is 0 Å². The van der Waals surface area contributed by atoms with Gasteiger partial charge in [-0.05, 0) is 36.4 Å². The van der Waals surface area contributed by atoms with Crippen LogP contribution >= 0.6 is 21.6 Å². The van der Waals surface area contributed by atoms with E-state index in [-0.39, 0.29) is 21.2 Å². The maximum atomic E-state index is 11.7. The first kappa shape index (κ1) is 20.9. The van der Waals surface area contributed by atoms with Crippen LogP contribution in [0.4, 0.5) is 11.4 Å². The molecule has 0 bridgehead atoms. The van der Waals surface area contributed by atoms with Gasteiger partial charge < -0.3 is 11.5 Å². The van der Waals surface area contributed by atoms with Gasteiger partial charge >= 0.3 is 0 Å². The summed E-state index contributed by atoms with van der Waals surface area (Å²) in [4.78, 5) is 1.16. The molecule has 0 saturated carbocycles. The van der Waals surface area contributed by atoms with Gasteiger partial charge in [0.1, 0.15) is 0 Å². The lowest BCUT2D eigenvalue weighted by molar-refractivity contribution is 0.396. The van der Waals surface area contributed by atoms with E-state index in [1.807, 2.05) is 0 Å². The Labute approximate surface area is 159 Å². The second kappa shape index (κ2) is 8.06. The van der Waals surface area contributed by atoms with Crippen LogP contribution in [0.15, 0.2) is 56.0 Å². The Morgan fingerprint density at radius 3 is 1.35 bits per heavy atom. The molecule has 0 radical (unpaired) electrons. The summed E-state index contributed by atoms with van der Waals surface area (Å²) in [5.74, 6) is 0. The van der Waals surface area contributed by atoms with Crippen LogP contribution in [0.1, 0.15) is 0 Å². The highest BCUT2D eigenvalue weighted by Gasteiger charge is 2.17. The Morgan fingerprint density at radius 2 is 1.08 bits per heavy atom. The number of anilines is 2. The van der Waals surface area contributed by atoms with Gasteiger partial charge in [-0.2, -0.15) is 16.8 Å². The van der Waals surface area contributed by atoms with Gasteiger partial charge in [0.25, 0.3) is 20.2 Å². The third-order valence-electron chi connectivity index (χ3n) is 3.20. The second-order valence-corrected chi connectivity index (χ2v) is 10.4. The smallest absolute Gasteiger partial charge is 0.296 e. The Bertz CT molecular complexity index is 938. The monoisotopic (exact) mass is 436 g/mol. The van der Waals surface area contributed by atoms with Crippen molar-refractivity contribution in [3.8, 4) is 0 Å². The van der Waals surface area contributed by atoms with Crippen LogP contribution < -0.4 is 11.5 Å². The number of hydrogen-bond acceptors (Lipinski definition) is 10. The van der Waals surface area contributed by atoms with E-state index in [0.29, 0.717) is 9.79 Å². The maximum Gasteiger partial charge on any atom is 0.296 e. The van der Waals surface area contributed by atoms with Crippen molar-refractivity contribution < 1.29 is 25.2 Å². The van der Waals surface area contributed by atoms with Crippen LogP contribution in [0.25, 0.3) is 0 Å². The Balaban J connectivity index is 2.19. The normalized spacial score (nSPS) is 12.2. The van der Waals surface area contributed by atoms with Crippen molar-refractivity contribution >= 4 is 53.2 Å². The van der Waals surface area contributed by atoms with Gasteiger partial charge in [-0.15, -0.1) is 0 Å². The Kier molecular flexibility index (Phi) is 6.47. The molecule has 0 unspecified atom stereocenters. The lowest BCUT2D eigenvalue weighted by atomic mass is 10.3. The van der Waals surface area contributed by atoms with Crippen molar-refractivity contribution in [1.82, 2.24) is 0 Å². The minimum atomic E-state index is -3.82. The molecule has 0 saturated heterocycles. The van der Waals surface area contributed by atoms with Crippen molar-refractivity contribution in [2.24, 2.45) is 0 Å².